The van der Waals surface area contributed by atoms with Crippen LogP contribution >= 0.6 is 11.3 Å². The first-order valence-electron chi connectivity index (χ1n) is 7.72. The SMILES string of the molecule is CCCNC(=O)c1sc(NC(=O)C(C)C)c(C(=O)OCC)c1C. The molecule has 1 heterocycles. The van der Waals surface area contributed by atoms with E-state index in [-0.39, 0.29) is 29.9 Å². The van der Waals surface area contributed by atoms with Crippen molar-refractivity contribution in [3.8, 4) is 0 Å². The van der Waals surface area contributed by atoms with Crippen molar-refractivity contribution in [3.63, 3.8) is 0 Å². The van der Waals surface area contributed by atoms with Gasteiger partial charge in [0.15, 0.2) is 0 Å². The maximum Gasteiger partial charge on any atom is 0.341 e. The molecular weight excluding hydrogens is 316 g/mol. The molecular formula is C16H24N2O4S. The van der Waals surface area contributed by atoms with E-state index < -0.39 is 5.97 Å². The highest BCUT2D eigenvalue weighted by Crippen LogP contribution is 2.34. The molecule has 6 nitrogen and oxygen atoms in total. The summed E-state index contributed by atoms with van der Waals surface area (Å²) in [4.78, 5) is 36.8. The zero-order valence-corrected chi connectivity index (χ0v) is 15.1. The third-order valence-corrected chi connectivity index (χ3v) is 4.34. The summed E-state index contributed by atoms with van der Waals surface area (Å²) in [6, 6.07) is 0. The van der Waals surface area contributed by atoms with Crippen molar-refractivity contribution in [3.05, 3.63) is 16.0 Å². The summed E-state index contributed by atoms with van der Waals surface area (Å²) in [6.45, 7) is 9.65. The van der Waals surface area contributed by atoms with Gasteiger partial charge in [-0.2, -0.15) is 0 Å². The fourth-order valence-corrected chi connectivity index (χ4v) is 2.96. The maximum absolute atomic E-state index is 12.2. The molecule has 0 unspecified atom stereocenters. The minimum atomic E-state index is -0.533. The predicted molar refractivity (Wildman–Crippen MR) is 91.1 cm³/mol. The summed E-state index contributed by atoms with van der Waals surface area (Å²) in [5.74, 6) is -1.22. The standard InChI is InChI=1S/C16H24N2O4S/c1-6-8-17-14(20)12-10(5)11(16(21)22-7-2)15(23-12)18-13(19)9(3)4/h9H,6-8H2,1-5H3,(H,17,20)(H,18,19). The molecule has 2 N–H and O–H groups in total. The molecule has 0 aliphatic rings. The third-order valence-electron chi connectivity index (χ3n) is 3.13. The molecule has 2 amide bonds. The van der Waals surface area contributed by atoms with Gasteiger partial charge in [0.05, 0.1) is 17.0 Å². The van der Waals surface area contributed by atoms with Crippen molar-refractivity contribution in [2.45, 2.75) is 41.0 Å². The largest absolute Gasteiger partial charge is 0.462 e. The molecule has 128 valence electrons. The number of nitrogens with one attached hydrogen (secondary N) is 2. The van der Waals surface area contributed by atoms with Crippen LogP contribution in [0.1, 0.15) is 59.7 Å². The summed E-state index contributed by atoms with van der Waals surface area (Å²) in [6.07, 6.45) is 0.817. The van der Waals surface area contributed by atoms with Crippen LogP contribution in [0.5, 0.6) is 0 Å². The second kappa shape index (κ2) is 8.67. The number of hydrogen-bond acceptors (Lipinski definition) is 5. The normalized spacial score (nSPS) is 10.5. The zero-order valence-electron chi connectivity index (χ0n) is 14.2. The van der Waals surface area contributed by atoms with Crippen LogP contribution in [0.3, 0.4) is 0 Å². The lowest BCUT2D eigenvalue weighted by Gasteiger charge is -2.08. The lowest BCUT2D eigenvalue weighted by atomic mass is 10.1. The van der Waals surface area contributed by atoms with Gasteiger partial charge in [0, 0.05) is 12.5 Å². The van der Waals surface area contributed by atoms with E-state index in [1.54, 1.807) is 27.7 Å². The Morgan fingerprint density at radius 3 is 2.39 bits per heavy atom. The van der Waals surface area contributed by atoms with E-state index >= 15 is 0 Å². The predicted octanol–water partition coefficient (Wildman–Crippen LogP) is 2.97. The summed E-state index contributed by atoms with van der Waals surface area (Å²) < 4.78 is 5.05. The second-order valence-electron chi connectivity index (χ2n) is 5.38. The van der Waals surface area contributed by atoms with E-state index in [4.69, 9.17) is 4.74 Å². The third kappa shape index (κ3) is 4.79. The quantitative estimate of drug-likeness (QED) is 0.747. The topological polar surface area (TPSA) is 84.5 Å². The molecule has 1 aromatic heterocycles. The maximum atomic E-state index is 12.2. The number of amides is 2. The zero-order chi connectivity index (χ0) is 17.6. The van der Waals surface area contributed by atoms with Crippen molar-refractivity contribution in [2.24, 2.45) is 5.92 Å². The first-order valence-corrected chi connectivity index (χ1v) is 8.54. The first kappa shape index (κ1) is 19.2. The molecule has 0 bridgehead atoms. The number of carbonyl (C=O) groups is 3. The van der Waals surface area contributed by atoms with Crippen molar-refractivity contribution in [1.29, 1.82) is 0 Å². The van der Waals surface area contributed by atoms with Crippen molar-refractivity contribution in [2.75, 3.05) is 18.5 Å². The summed E-state index contributed by atoms with van der Waals surface area (Å²) in [5, 5.41) is 5.87. The molecule has 0 atom stereocenters. The van der Waals surface area contributed by atoms with Gasteiger partial charge in [0.1, 0.15) is 5.00 Å². The Bertz CT molecular complexity index is 593. The van der Waals surface area contributed by atoms with Gasteiger partial charge in [0.25, 0.3) is 5.91 Å². The van der Waals surface area contributed by atoms with Crippen LogP contribution in [0.2, 0.25) is 0 Å². The molecule has 0 aromatic carbocycles. The van der Waals surface area contributed by atoms with Crippen LogP contribution in [0, 0.1) is 12.8 Å². The van der Waals surface area contributed by atoms with E-state index in [9.17, 15) is 14.4 Å². The average molecular weight is 340 g/mol. The Kier molecular flexibility index (Phi) is 7.22. The van der Waals surface area contributed by atoms with Crippen molar-refractivity contribution < 1.29 is 19.1 Å². The van der Waals surface area contributed by atoms with Gasteiger partial charge >= 0.3 is 5.97 Å². The monoisotopic (exact) mass is 340 g/mol. The first-order chi connectivity index (χ1) is 10.8. The Hall–Kier alpha value is -1.89. The smallest absolute Gasteiger partial charge is 0.341 e. The lowest BCUT2D eigenvalue weighted by Crippen LogP contribution is -2.23. The summed E-state index contributed by atoms with van der Waals surface area (Å²) >= 11 is 1.10. The molecule has 0 spiro atoms. The second-order valence-corrected chi connectivity index (χ2v) is 6.40. The number of anilines is 1. The molecule has 0 aliphatic heterocycles. The molecule has 1 rings (SSSR count). The van der Waals surface area contributed by atoms with Crippen LogP contribution in [-0.2, 0) is 9.53 Å². The summed E-state index contributed by atoms with van der Waals surface area (Å²) in [7, 11) is 0. The number of rotatable bonds is 7. The highest BCUT2D eigenvalue weighted by Gasteiger charge is 2.26. The van der Waals surface area contributed by atoms with Crippen LogP contribution in [0.15, 0.2) is 0 Å². The number of thiophene rings is 1. The van der Waals surface area contributed by atoms with Crippen molar-refractivity contribution >= 4 is 34.1 Å². The van der Waals surface area contributed by atoms with E-state index in [2.05, 4.69) is 10.6 Å². The molecule has 0 radical (unpaired) electrons. The van der Waals surface area contributed by atoms with Gasteiger partial charge in [-0.15, -0.1) is 11.3 Å². The van der Waals surface area contributed by atoms with E-state index in [0.717, 1.165) is 17.8 Å². The molecule has 0 saturated carbocycles. The minimum Gasteiger partial charge on any atom is -0.462 e. The van der Waals surface area contributed by atoms with E-state index in [0.29, 0.717) is 22.0 Å². The molecule has 0 aliphatic carbocycles. The van der Waals surface area contributed by atoms with E-state index in [1.165, 1.54) is 0 Å². The van der Waals surface area contributed by atoms with Crippen LogP contribution < -0.4 is 10.6 Å². The van der Waals surface area contributed by atoms with Gasteiger partial charge in [-0.3, -0.25) is 9.59 Å². The molecule has 1 aromatic rings. The van der Waals surface area contributed by atoms with Crippen molar-refractivity contribution in [1.82, 2.24) is 5.32 Å². The van der Waals surface area contributed by atoms with Gasteiger partial charge in [0.2, 0.25) is 5.91 Å². The molecule has 0 saturated heterocycles. The van der Waals surface area contributed by atoms with Crippen LogP contribution in [0.4, 0.5) is 5.00 Å². The molecule has 0 fully saturated rings. The lowest BCUT2D eigenvalue weighted by molar-refractivity contribution is -0.118. The Balaban J connectivity index is 3.22. The summed E-state index contributed by atoms with van der Waals surface area (Å²) in [5.41, 5.74) is 0.786. The Morgan fingerprint density at radius 2 is 1.87 bits per heavy atom. The van der Waals surface area contributed by atoms with E-state index in [1.807, 2.05) is 6.92 Å². The number of carbonyl (C=O) groups excluding carboxylic acids is 3. The van der Waals surface area contributed by atoms with Gasteiger partial charge < -0.3 is 15.4 Å². The van der Waals surface area contributed by atoms with Gasteiger partial charge in [-0.05, 0) is 25.8 Å². The fraction of sp³-hybridized carbons (Fsp3) is 0.562. The fourth-order valence-electron chi connectivity index (χ4n) is 1.84. The average Bonchev–Trinajstić information content (AvgIpc) is 2.81. The van der Waals surface area contributed by atoms with Crippen LogP contribution in [-0.4, -0.2) is 30.9 Å². The van der Waals surface area contributed by atoms with Crippen LogP contribution in [0.25, 0.3) is 0 Å². The number of esters is 1. The number of ether oxygens (including phenoxy) is 1. The molecule has 23 heavy (non-hydrogen) atoms. The van der Waals surface area contributed by atoms with Gasteiger partial charge in [-0.1, -0.05) is 20.8 Å². The Morgan fingerprint density at radius 1 is 1.22 bits per heavy atom. The van der Waals surface area contributed by atoms with Gasteiger partial charge in [-0.25, -0.2) is 4.79 Å². The Labute approximate surface area is 140 Å². The molecule has 7 heteroatoms. The number of hydrogen-bond donors (Lipinski definition) is 2. The highest BCUT2D eigenvalue weighted by molar-refractivity contribution is 7.18. The highest BCUT2D eigenvalue weighted by atomic mass is 32.1. The minimum absolute atomic E-state index is 0.211.